The molecule has 0 spiro atoms. The summed E-state index contributed by atoms with van der Waals surface area (Å²) in [6.07, 6.45) is 1.46. The highest BCUT2D eigenvalue weighted by Gasteiger charge is 2.68. The van der Waals surface area contributed by atoms with E-state index in [-0.39, 0.29) is 5.41 Å². The summed E-state index contributed by atoms with van der Waals surface area (Å²) < 4.78 is 28.5. The highest BCUT2D eigenvalue weighted by atomic mass is 16.7. The van der Waals surface area contributed by atoms with Crippen LogP contribution in [0.1, 0.15) is 20.3 Å². The molecule has 0 radical (unpaired) electrons. The number of carbonyl (C=O) groups is 1. The van der Waals surface area contributed by atoms with Gasteiger partial charge in [-0.05, 0) is 18.1 Å². The van der Waals surface area contributed by atoms with Gasteiger partial charge in [-0.15, -0.1) is 0 Å². The molecular formula is C18H25NO6. The van der Waals surface area contributed by atoms with Gasteiger partial charge in [0.25, 0.3) is 0 Å². The lowest BCUT2D eigenvalue weighted by Gasteiger charge is -2.55. The summed E-state index contributed by atoms with van der Waals surface area (Å²) in [7, 11) is 4.27. The number of ketones is 1. The lowest BCUT2D eigenvalue weighted by molar-refractivity contribution is -0.268. The Morgan fingerprint density at radius 1 is 1.16 bits per heavy atom. The van der Waals surface area contributed by atoms with E-state index in [9.17, 15) is 10.1 Å². The second-order valence-electron chi connectivity index (χ2n) is 7.63. The summed E-state index contributed by atoms with van der Waals surface area (Å²) in [6, 6.07) is 2.20. The highest BCUT2D eigenvalue weighted by Crippen LogP contribution is 2.54. The standard InChI is InChI=1S/C18H25NO6/c1-16(2)9-24-14(25-10-16)12-7-17(21-3)11(8-19)6-13(12)18(22-4,23-5)15(17)20/h7,11,13-14H,6,9-10H2,1-5H3/t11-,13-,17-/m1/s1. The number of nitrogens with zero attached hydrogens (tertiary/aromatic N) is 1. The Hall–Kier alpha value is -1.30. The number of fused-ring (bicyclic) bond motifs is 2. The van der Waals surface area contributed by atoms with Crippen molar-refractivity contribution in [1.82, 2.24) is 0 Å². The van der Waals surface area contributed by atoms with E-state index in [1.165, 1.54) is 21.3 Å². The Morgan fingerprint density at radius 2 is 1.76 bits per heavy atom. The van der Waals surface area contributed by atoms with Gasteiger partial charge in [-0.2, -0.15) is 5.26 Å². The Kier molecular flexibility index (Phi) is 4.55. The van der Waals surface area contributed by atoms with Crippen LogP contribution in [-0.4, -0.2) is 58.0 Å². The Morgan fingerprint density at radius 3 is 2.24 bits per heavy atom. The first kappa shape index (κ1) is 18.5. The van der Waals surface area contributed by atoms with Crippen molar-refractivity contribution in [1.29, 1.82) is 5.26 Å². The number of ether oxygens (including phenoxy) is 5. The molecule has 2 fully saturated rings. The lowest BCUT2D eigenvalue weighted by Crippen LogP contribution is -2.70. The van der Waals surface area contributed by atoms with Gasteiger partial charge in [0.2, 0.25) is 11.6 Å². The number of Topliss-reactive ketones (excluding diaryl/α,β-unsaturated/α-hetero) is 1. The fourth-order valence-corrected chi connectivity index (χ4v) is 4.14. The Bertz CT molecular complexity index is 622. The van der Waals surface area contributed by atoms with Crippen LogP contribution in [0.3, 0.4) is 0 Å². The second-order valence-corrected chi connectivity index (χ2v) is 7.63. The van der Waals surface area contributed by atoms with Crippen LogP contribution in [0.5, 0.6) is 0 Å². The topological polar surface area (TPSA) is 87.0 Å². The third kappa shape index (κ3) is 2.47. The maximum Gasteiger partial charge on any atom is 0.238 e. The summed E-state index contributed by atoms with van der Waals surface area (Å²) in [6.45, 7) is 5.19. The van der Waals surface area contributed by atoms with Crippen molar-refractivity contribution in [3.63, 3.8) is 0 Å². The third-order valence-electron chi connectivity index (χ3n) is 5.53. The maximum atomic E-state index is 13.2. The Labute approximate surface area is 147 Å². The van der Waals surface area contributed by atoms with Crippen molar-refractivity contribution < 1.29 is 28.5 Å². The van der Waals surface area contributed by atoms with Crippen LogP contribution in [0.2, 0.25) is 0 Å². The first-order valence-corrected chi connectivity index (χ1v) is 8.36. The van der Waals surface area contributed by atoms with Gasteiger partial charge in [0, 0.05) is 32.7 Å². The summed E-state index contributed by atoms with van der Waals surface area (Å²) in [5, 5.41) is 9.55. The van der Waals surface area contributed by atoms with E-state index in [0.717, 1.165) is 5.57 Å². The van der Waals surface area contributed by atoms with Gasteiger partial charge in [0.1, 0.15) is 0 Å². The zero-order valence-electron chi connectivity index (χ0n) is 15.3. The summed E-state index contributed by atoms with van der Waals surface area (Å²) >= 11 is 0. The molecule has 7 nitrogen and oxygen atoms in total. The van der Waals surface area contributed by atoms with Gasteiger partial charge in [-0.25, -0.2) is 0 Å². The van der Waals surface area contributed by atoms with Crippen molar-refractivity contribution in [3.05, 3.63) is 11.6 Å². The SMILES string of the molecule is COC1(OC)C(=O)[C@@]2(OC)C=C(C3OCC(C)(C)CO3)[C@H]1C[C@@H]2C#N. The molecule has 1 aliphatic heterocycles. The predicted molar refractivity (Wildman–Crippen MR) is 86.3 cm³/mol. The van der Waals surface area contributed by atoms with E-state index in [2.05, 4.69) is 19.9 Å². The van der Waals surface area contributed by atoms with Crippen molar-refractivity contribution in [2.75, 3.05) is 34.5 Å². The fraction of sp³-hybridized carbons (Fsp3) is 0.778. The molecular weight excluding hydrogens is 326 g/mol. The van der Waals surface area contributed by atoms with Crippen LogP contribution in [-0.2, 0) is 28.5 Å². The minimum Gasteiger partial charge on any atom is -0.365 e. The van der Waals surface area contributed by atoms with Crippen LogP contribution in [0.4, 0.5) is 0 Å². The molecule has 0 amide bonds. The first-order chi connectivity index (χ1) is 11.8. The minimum atomic E-state index is -1.51. The average molecular weight is 351 g/mol. The number of carbonyl (C=O) groups excluding carboxylic acids is 1. The average Bonchev–Trinajstić information content (AvgIpc) is 2.62. The molecule has 0 N–H and O–H groups in total. The second kappa shape index (κ2) is 6.15. The number of methoxy groups -OCH3 is 3. The molecule has 4 rings (SSSR count). The molecule has 7 heteroatoms. The van der Waals surface area contributed by atoms with Crippen molar-refractivity contribution in [3.8, 4) is 6.07 Å². The summed E-state index contributed by atoms with van der Waals surface area (Å²) in [5.41, 5.74) is -0.758. The molecule has 3 aliphatic carbocycles. The van der Waals surface area contributed by atoms with E-state index in [4.69, 9.17) is 23.7 Å². The van der Waals surface area contributed by atoms with E-state index < -0.39 is 35.3 Å². The van der Waals surface area contributed by atoms with Gasteiger partial charge in [0.15, 0.2) is 11.9 Å². The quantitative estimate of drug-likeness (QED) is 0.559. The van der Waals surface area contributed by atoms with Gasteiger partial charge in [-0.3, -0.25) is 4.79 Å². The molecule has 138 valence electrons. The van der Waals surface area contributed by atoms with Crippen molar-refractivity contribution in [2.45, 2.75) is 37.9 Å². The molecule has 0 aromatic carbocycles. The number of nitriles is 1. The molecule has 1 saturated heterocycles. The monoisotopic (exact) mass is 351 g/mol. The molecule has 2 bridgehead atoms. The maximum absolute atomic E-state index is 13.2. The van der Waals surface area contributed by atoms with Crippen LogP contribution >= 0.6 is 0 Å². The zero-order valence-corrected chi connectivity index (χ0v) is 15.3. The largest absolute Gasteiger partial charge is 0.365 e. The smallest absolute Gasteiger partial charge is 0.238 e. The molecule has 4 aliphatic rings. The minimum absolute atomic E-state index is 0.0751. The molecule has 1 saturated carbocycles. The number of hydrogen-bond donors (Lipinski definition) is 0. The highest BCUT2D eigenvalue weighted by molar-refractivity contribution is 5.99. The molecule has 3 atom stereocenters. The van der Waals surface area contributed by atoms with E-state index >= 15 is 0 Å². The summed E-state index contributed by atoms with van der Waals surface area (Å²) in [5.74, 6) is -2.98. The van der Waals surface area contributed by atoms with Gasteiger partial charge in [0.05, 0.1) is 25.2 Å². The van der Waals surface area contributed by atoms with Crippen molar-refractivity contribution >= 4 is 5.78 Å². The first-order valence-electron chi connectivity index (χ1n) is 8.36. The Balaban J connectivity index is 2.06. The molecule has 0 aromatic rings. The number of hydrogen-bond acceptors (Lipinski definition) is 7. The molecule has 1 heterocycles. The fourth-order valence-electron chi connectivity index (χ4n) is 4.14. The molecule has 25 heavy (non-hydrogen) atoms. The normalized spacial score (nSPS) is 36.8. The van der Waals surface area contributed by atoms with Gasteiger partial charge >= 0.3 is 0 Å². The van der Waals surface area contributed by atoms with Gasteiger partial charge in [-0.1, -0.05) is 13.8 Å². The van der Waals surface area contributed by atoms with Crippen LogP contribution in [0.25, 0.3) is 0 Å². The van der Waals surface area contributed by atoms with Crippen LogP contribution in [0, 0.1) is 28.6 Å². The van der Waals surface area contributed by atoms with E-state index in [1.54, 1.807) is 6.08 Å². The molecule has 0 aromatic heterocycles. The van der Waals surface area contributed by atoms with E-state index in [0.29, 0.717) is 19.6 Å². The number of rotatable bonds is 4. The molecule has 0 unspecified atom stereocenters. The van der Waals surface area contributed by atoms with Crippen LogP contribution in [0.15, 0.2) is 11.6 Å². The summed E-state index contributed by atoms with van der Waals surface area (Å²) in [4.78, 5) is 13.2. The predicted octanol–water partition coefficient (Wildman–Crippen LogP) is 1.43. The van der Waals surface area contributed by atoms with Crippen molar-refractivity contribution in [2.24, 2.45) is 17.3 Å². The third-order valence-corrected chi connectivity index (χ3v) is 5.53. The lowest BCUT2D eigenvalue weighted by atomic mass is 9.59. The van der Waals surface area contributed by atoms with Crippen LogP contribution < -0.4 is 0 Å². The zero-order chi connectivity index (χ0) is 18.5. The van der Waals surface area contributed by atoms with E-state index in [1.807, 2.05) is 0 Å². The van der Waals surface area contributed by atoms with Gasteiger partial charge < -0.3 is 23.7 Å².